The van der Waals surface area contributed by atoms with Crippen LogP contribution in [0.3, 0.4) is 0 Å². The molecule has 2 aliphatic heterocycles. The number of carbonyl (C=O) groups is 3. The number of anilines is 1. The predicted octanol–water partition coefficient (Wildman–Crippen LogP) is 5.44. The third-order valence-electron chi connectivity index (χ3n) is 7.76. The molecule has 42 heavy (non-hydrogen) atoms. The predicted molar refractivity (Wildman–Crippen MR) is 159 cm³/mol. The molecule has 1 atom stereocenters. The van der Waals surface area contributed by atoms with Crippen LogP contribution in [0, 0.1) is 0 Å². The maximum Gasteiger partial charge on any atom is 0.411 e. The van der Waals surface area contributed by atoms with E-state index in [0.29, 0.717) is 48.9 Å². The first kappa shape index (κ1) is 29.2. The summed E-state index contributed by atoms with van der Waals surface area (Å²) < 4.78 is 12.9. The lowest BCUT2D eigenvalue weighted by Gasteiger charge is -2.36. The maximum atomic E-state index is 14.3. The molecule has 1 aromatic heterocycles. The number of nitrogens with zero attached hydrogens (tertiary/aromatic N) is 4. The molecule has 5 rings (SSSR count). The van der Waals surface area contributed by atoms with Gasteiger partial charge in [-0.1, -0.05) is 51.0 Å². The Hall–Kier alpha value is -4.34. The molecule has 1 unspecified atom stereocenters. The molecule has 0 saturated carbocycles. The SMILES string of the molecule is CCCCN(CCCC)C(=O)c1cc2n(n1)-c1ccc(NC(=O)OCC)cc1C(=O)N1Cc3ccccc3CC1CO2. The molecule has 0 spiro atoms. The van der Waals surface area contributed by atoms with E-state index in [9.17, 15) is 14.4 Å². The average Bonchev–Trinajstić information content (AvgIpc) is 3.43. The van der Waals surface area contributed by atoms with E-state index in [0.717, 1.165) is 31.2 Å². The minimum atomic E-state index is -0.604. The van der Waals surface area contributed by atoms with Gasteiger partial charge in [0.05, 0.1) is 23.9 Å². The van der Waals surface area contributed by atoms with Gasteiger partial charge in [0.25, 0.3) is 11.8 Å². The van der Waals surface area contributed by atoms with Crippen LogP contribution in [0.5, 0.6) is 5.88 Å². The number of nitrogens with one attached hydrogen (secondary N) is 1. The lowest BCUT2D eigenvalue weighted by molar-refractivity contribution is 0.0569. The molecule has 0 aliphatic carbocycles. The van der Waals surface area contributed by atoms with Gasteiger partial charge in [-0.15, -0.1) is 0 Å². The topological polar surface area (TPSA) is 106 Å². The highest BCUT2D eigenvalue weighted by molar-refractivity contribution is 6.00. The average molecular weight is 574 g/mol. The first-order valence-electron chi connectivity index (χ1n) is 14.9. The minimum absolute atomic E-state index is 0.153. The van der Waals surface area contributed by atoms with E-state index in [4.69, 9.17) is 14.6 Å². The summed E-state index contributed by atoms with van der Waals surface area (Å²) in [7, 11) is 0. The van der Waals surface area contributed by atoms with Crippen LogP contribution in [0.1, 0.15) is 78.4 Å². The summed E-state index contributed by atoms with van der Waals surface area (Å²) in [6, 6.07) is 14.6. The smallest absolute Gasteiger partial charge is 0.411 e. The van der Waals surface area contributed by atoms with E-state index in [-0.39, 0.29) is 36.8 Å². The van der Waals surface area contributed by atoms with Crippen molar-refractivity contribution in [3.8, 4) is 11.6 Å². The van der Waals surface area contributed by atoms with Gasteiger partial charge in [-0.05, 0) is 55.5 Å². The minimum Gasteiger partial charge on any atom is -0.475 e. The molecule has 2 aliphatic rings. The lowest BCUT2D eigenvalue weighted by atomic mass is 9.93. The summed E-state index contributed by atoms with van der Waals surface area (Å²) >= 11 is 0. The van der Waals surface area contributed by atoms with E-state index in [2.05, 4.69) is 25.2 Å². The lowest BCUT2D eigenvalue weighted by Crippen LogP contribution is -2.47. The fraction of sp³-hybridized carbons (Fsp3) is 0.438. The molecule has 10 nitrogen and oxygen atoms in total. The monoisotopic (exact) mass is 573 g/mol. The van der Waals surface area contributed by atoms with Crippen LogP contribution in [-0.4, -0.2) is 69.8 Å². The summed E-state index contributed by atoms with van der Waals surface area (Å²) in [5.74, 6) is 0.0359. The quantitative estimate of drug-likeness (QED) is 0.365. The molecule has 1 N–H and O–H groups in total. The van der Waals surface area contributed by atoms with E-state index < -0.39 is 6.09 Å². The van der Waals surface area contributed by atoms with Crippen molar-refractivity contribution in [3.63, 3.8) is 0 Å². The molecule has 0 radical (unpaired) electrons. The maximum absolute atomic E-state index is 14.3. The molecule has 0 saturated heterocycles. The number of aromatic nitrogens is 2. The first-order chi connectivity index (χ1) is 20.4. The number of amides is 3. The van der Waals surface area contributed by atoms with Gasteiger partial charge in [-0.25, -0.2) is 4.79 Å². The van der Waals surface area contributed by atoms with E-state index in [1.807, 2.05) is 28.0 Å². The number of rotatable bonds is 9. The van der Waals surface area contributed by atoms with Gasteiger partial charge in [-0.2, -0.15) is 9.78 Å². The van der Waals surface area contributed by atoms with E-state index in [1.165, 1.54) is 10.2 Å². The molecule has 3 amide bonds. The second-order valence-electron chi connectivity index (χ2n) is 10.7. The molecule has 10 heteroatoms. The van der Waals surface area contributed by atoms with Gasteiger partial charge in [0.1, 0.15) is 6.61 Å². The van der Waals surface area contributed by atoms with Gasteiger partial charge >= 0.3 is 6.09 Å². The van der Waals surface area contributed by atoms with Crippen molar-refractivity contribution >= 4 is 23.6 Å². The first-order valence-corrected chi connectivity index (χ1v) is 14.9. The van der Waals surface area contributed by atoms with Gasteiger partial charge in [0.2, 0.25) is 5.88 Å². The zero-order valence-electron chi connectivity index (χ0n) is 24.6. The van der Waals surface area contributed by atoms with Crippen molar-refractivity contribution < 1.29 is 23.9 Å². The third kappa shape index (κ3) is 6.12. The Labute approximate surface area is 246 Å². The highest BCUT2D eigenvalue weighted by Crippen LogP contribution is 2.32. The van der Waals surface area contributed by atoms with Gasteiger partial charge < -0.3 is 19.3 Å². The Morgan fingerprint density at radius 3 is 2.50 bits per heavy atom. The van der Waals surface area contributed by atoms with Crippen molar-refractivity contribution in [2.75, 3.05) is 31.6 Å². The Morgan fingerprint density at radius 1 is 1.05 bits per heavy atom. The van der Waals surface area contributed by atoms with E-state index >= 15 is 0 Å². The van der Waals surface area contributed by atoms with Crippen LogP contribution in [-0.2, 0) is 17.7 Å². The number of hydrogen-bond acceptors (Lipinski definition) is 6. The standard InChI is InChI=1S/C32H39N5O5/c1-4-7-15-35(16-8-5-2)31(39)27-19-29-37(34-27)28-14-13-24(33-32(40)41-6-3)18-26(28)30(38)36-20-23-12-10-9-11-22(23)17-25(36)21-42-29/h9-14,18-19,25H,4-8,15-17,20-21H2,1-3H3,(H,33,40). The van der Waals surface area contributed by atoms with Crippen LogP contribution in [0.15, 0.2) is 48.5 Å². The van der Waals surface area contributed by atoms with Crippen LogP contribution in [0.25, 0.3) is 5.69 Å². The van der Waals surface area contributed by atoms with Gasteiger partial charge in [-0.3, -0.25) is 14.9 Å². The third-order valence-corrected chi connectivity index (χ3v) is 7.76. The molecule has 222 valence electrons. The van der Waals surface area contributed by atoms with Crippen LogP contribution < -0.4 is 10.1 Å². The second-order valence-corrected chi connectivity index (χ2v) is 10.7. The van der Waals surface area contributed by atoms with Gasteiger partial charge in [0.15, 0.2) is 5.69 Å². The normalized spacial score (nSPS) is 15.5. The molecule has 0 bridgehead atoms. The largest absolute Gasteiger partial charge is 0.475 e. The fourth-order valence-electron chi connectivity index (χ4n) is 5.48. The second kappa shape index (κ2) is 13.1. The Kier molecular flexibility index (Phi) is 9.09. The number of unbranched alkanes of at least 4 members (excludes halogenated alkanes) is 2. The Balaban J connectivity index is 1.57. The van der Waals surface area contributed by atoms with Crippen molar-refractivity contribution in [3.05, 3.63) is 70.9 Å². The molecule has 3 heterocycles. The zero-order chi connectivity index (χ0) is 29.6. The molecule has 0 fully saturated rings. The summed E-state index contributed by atoms with van der Waals surface area (Å²) in [5, 5.41) is 7.40. The molecule has 2 aromatic carbocycles. The summed E-state index contributed by atoms with van der Waals surface area (Å²) in [5.41, 5.74) is 3.78. The van der Waals surface area contributed by atoms with Crippen LogP contribution in [0.4, 0.5) is 10.5 Å². The number of ether oxygens (including phenoxy) is 2. The number of hydrogen-bond donors (Lipinski definition) is 1. The molecular weight excluding hydrogens is 534 g/mol. The van der Waals surface area contributed by atoms with Crippen molar-refractivity contribution in [1.29, 1.82) is 0 Å². The summed E-state index contributed by atoms with van der Waals surface area (Å²) in [6.45, 7) is 8.17. The van der Waals surface area contributed by atoms with Crippen LogP contribution in [0.2, 0.25) is 0 Å². The van der Waals surface area contributed by atoms with Crippen LogP contribution >= 0.6 is 0 Å². The van der Waals surface area contributed by atoms with Crippen molar-refractivity contribution in [2.45, 2.75) is 65.5 Å². The van der Waals surface area contributed by atoms with Crippen molar-refractivity contribution in [1.82, 2.24) is 19.6 Å². The highest BCUT2D eigenvalue weighted by Gasteiger charge is 2.35. The van der Waals surface area contributed by atoms with E-state index in [1.54, 1.807) is 31.2 Å². The number of fused-ring (bicyclic) bond motifs is 5. The molecular formula is C32H39N5O5. The number of benzene rings is 2. The Bertz CT molecular complexity index is 1440. The highest BCUT2D eigenvalue weighted by atomic mass is 16.5. The van der Waals surface area contributed by atoms with Gasteiger partial charge in [0, 0.05) is 31.4 Å². The molecule has 3 aromatic rings. The summed E-state index contributed by atoms with van der Waals surface area (Å²) in [4.78, 5) is 43.8. The Morgan fingerprint density at radius 2 is 1.79 bits per heavy atom. The number of carbonyl (C=O) groups excluding carboxylic acids is 3. The summed E-state index contributed by atoms with van der Waals surface area (Å²) in [6.07, 6.45) is 3.82. The van der Waals surface area contributed by atoms with Crippen molar-refractivity contribution in [2.24, 2.45) is 0 Å². The fourth-order valence-corrected chi connectivity index (χ4v) is 5.48. The zero-order valence-corrected chi connectivity index (χ0v) is 24.6.